The Labute approximate surface area is 149 Å². The van der Waals surface area contributed by atoms with Gasteiger partial charge in [-0.05, 0) is 43.6 Å². The summed E-state index contributed by atoms with van der Waals surface area (Å²) in [5, 5.41) is 8.89. The van der Waals surface area contributed by atoms with E-state index in [9.17, 15) is 9.59 Å². The Hall–Kier alpha value is -1.88. The summed E-state index contributed by atoms with van der Waals surface area (Å²) in [6.07, 6.45) is 4.42. The van der Waals surface area contributed by atoms with Crippen molar-refractivity contribution in [2.45, 2.75) is 44.6 Å². The summed E-state index contributed by atoms with van der Waals surface area (Å²) in [6, 6.07) is 10.0. The molecule has 0 unspecified atom stereocenters. The van der Waals surface area contributed by atoms with Gasteiger partial charge in [-0.25, -0.2) is 0 Å². The summed E-state index contributed by atoms with van der Waals surface area (Å²) >= 11 is 0. The van der Waals surface area contributed by atoms with Gasteiger partial charge in [0, 0.05) is 26.1 Å². The van der Waals surface area contributed by atoms with E-state index in [0.29, 0.717) is 25.5 Å². The van der Waals surface area contributed by atoms with Crippen molar-refractivity contribution in [3.63, 3.8) is 0 Å². The first-order chi connectivity index (χ1) is 12.1. The second-order valence-corrected chi connectivity index (χ2v) is 7.18. The van der Waals surface area contributed by atoms with E-state index in [0.717, 1.165) is 37.8 Å². The Morgan fingerprint density at radius 2 is 1.96 bits per heavy atom. The highest BCUT2D eigenvalue weighted by atomic mass is 16.5. The van der Waals surface area contributed by atoms with E-state index in [4.69, 9.17) is 9.84 Å². The molecule has 1 aromatic carbocycles. The van der Waals surface area contributed by atoms with E-state index in [2.05, 4.69) is 0 Å². The fraction of sp³-hybridized carbons (Fsp3) is 0.600. The molecule has 2 aliphatic heterocycles. The van der Waals surface area contributed by atoms with Gasteiger partial charge in [0.05, 0.1) is 12.0 Å². The van der Waals surface area contributed by atoms with Crippen LogP contribution in [0.15, 0.2) is 30.3 Å². The molecule has 2 saturated heterocycles. The number of nitrogens with zero attached hydrogens (tertiary/aromatic N) is 1. The molecule has 136 valence electrons. The number of carboxylic acids is 1. The molecule has 0 saturated carbocycles. The topological polar surface area (TPSA) is 66.8 Å². The molecular weight excluding hydrogens is 318 g/mol. The molecule has 0 bridgehead atoms. The standard InChI is InChI=1S/C20H27NO4/c22-18(23)11-10-15-6-4-12-21(14-15)20(24)17-9-5-13-25-19(17)16-7-2-1-3-8-16/h1-3,7-8,15,17,19H,4-6,9-14H2,(H,22,23)/t15-,17+,19+/m0/s1. The monoisotopic (exact) mass is 345 g/mol. The van der Waals surface area contributed by atoms with Crippen LogP contribution in [0.1, 0.15) is 50.2 Å². The van der Waals surface area contributed by atoms with Crippen LogP contribution in [0.5, 0.6) is 0 Å². The van der Waals surface area contributed by atoms with Crippen molar-refractivity contribution in [1.82, 2.24) is 4.90 Å². The maximum absolute atomic E-state index is 13.2. The van der Waals surface area contributed by atoms with E-state index in [1.54, 1.807) is 0 Å². The number of hydrogen-bond donors (Lipinski definition) is 1. The number of carboxylic acid groups (broad SMARTS) is 1. The Morgan fingerprint density at radius 3 is 2.72 bits per heavy atom. The summed E-state index contributed by atoms with van der Waals surface area (Å²) < 4.78 is 5.97. The highest BCUT2D eigenvalue weighted by molar-refractivity contribution is 5.80. The lowest BCUT2D eigenvalue weighted by Crippen LogP contribution is -2.45. The van der Waals surface area contributed by atoms with Crippen LogP contribution in [-0.4, -0.2) is 41.6 Å². The Bertz CT molecular complexity index is 589. The molecular formula is C20H27NO4. The van der Waals surface area contributed by atoms with Crippen molar-refractivity contribution in [1.29, 1.82) is 0 Å². The van der Waals surface area contributed by atoms with Gasteiger partial charge in [-0.2, -0.15) is 0 Å². The van der Waals surface area contributed by atoms with Crippen LogP contribution in [0.25, 0.3) is 0 Å². The van der Waals surface area contributed by atoms with E-state index < -0.39 is 5.97 Å². The minimum absolute atomic E-state index is 0.130. The van der Waals surface area contributed by atoms with Gasteiger partial charge in [-0.15, -0.1) is 0 Å². The third-order valence-corrected chi connectivity index (χ3v) is 5.36. The number of amides is 1. The summed E-state index contributed by atoms with van der Waals surface area (Å²) in [4.78, 5) is 25.9. The second-order valence-electron chi connectivity index (χ2n) is 7.18. The maximum atomic E-state index is 13.2. The van der Waals surface area contributed by atoms with Gasteiger partial charge in [-0.3, -0.25) is 9.59 Å². The van der Waals surface area contributed by atoms with Crippen LogP contribution >= 0.6 is 0 Å². The number of aliphatic carboxylic acids is 1. The maximum Gasteiger partial charge on any atom is 0.303 e. The van der Waals surface area contributed by atoms with Gasteiger partial charge >= 0.3 is 5.97 Å². The average Bonchev–Trinajstić information content (AvgIpc) is 2.67. The van der Waals surface area contributed by atoms with Gasteiger partial charge in [0.15, 0.2) is 0 Å². The molecule has 0 radical (unpaired) electrons. The van der Waals surface area contributed by atoms with Gasteiger partial charge in [0.25, 0.3) is 0 Å². The third kappa shape index (κ3) is 4.60. The lowest BCUT2D eigenvalue weighted by molar-refractivity contribution is -0.147. The first-order valence-electron chi connectivity index (χ1n) is 9.32. The van der Waals surface area contributed by atoms with Crippen LogP contribution in [-0.2, 0) is 14.3 Å². The molecule has 1 amide bonds. The van der Waals surface area contributed by atoms with Crippen LogP contribution in [0, 0.1) is 11.8 Å². The van der Waals surface area contributed by atoms with E-state index in [1.165, 1.54) is 0 Å². The highest BCUT2D eigenvalue weighted by Crippen LogP contribution is 2.36. The Kier molecular flexibility index (Phi) is 6.08. The molecule has 3 atom stereocenters. The van der Waals surface area contributed by atoms with Crippen molar-refractivity contribution in [2.24, 2.45) is 11.8 Å². The third-order valence-electron chi connectivity index (χ3n) is 5.36. The molecule has 5 nitrogen and oxygen atoms in total. The van der Waals surface area contributed by atoms with Crippen molar-refractivity contribution < 1.29 is 19.4 Å². The molecule has 2 fully saturated rings. The average molecular weight is 345 g/mol. The van der Waals surface area contributed by atoms with E-state index >= 15 is 0 Å². The van der Waals surface area contributed by atoms with Crippen LogP contribution < -0.4 is 0 Å². The number of ether oxygens (including phenoxy) is 1. The SMILES string of the molecule is O=C(O)CC[C@@H]1CCCN(C(=O)[C@@H]2CCCO[C@@H]2c2ccccc2)C1. The molecule has 3 rings (SSSR count). The Morgan fingerprint density at radius 1 is 1.16 bits per heavy atom. The first kappa shape index (κ1) is 17.9. The number of carbonyl (C=O) groups excluding carboxylic acids is 1. The van der Waals surface area contributed by atoms with Crippen molar-refractivity contribution in [2.75, 3.05) is 19.7 Å². The van der Waals surface area contributed by atoms with E-state index in [1.807, 2.05) is 35.2 Å². The minimum Gasteiger partial charge on any atom is -0.481 e. The lowest BCUT2D eigenvalue weighted by atomic mass is 9.86. The summed E-state index contributed by atoms with van der Waals surface area (Å²) in [7, 11) is 0. The second kappa shape index (κ2) is 8.48. The van der Waals surface area contributed by atoms with Gasteiger partial charge < -0.3 is 14.7 Å². The number of rotatable bonds is 5. The molecule has 2 heterocycles. The number of hydrogen-bond acceptors (Lipinski definition) is 3. The Balaban J connectivity index is 1.66. The summed E-state index contributed by atoms with van der Waals surface area (Å²) in [5.74, 6) is -0.412. The van der Waals surface area contributed by atoms with Crippen molar-refractivity contribution >= 4 is 11.9 Å². The molecule has 0 aromatic heterocycles. The molecule has 0 aliphatic carbocycles. The van der Waals surface area contributed by atoms with E-state index in [-0.39, 0.29) is 24.3 Å². The van der Waals surface area contributed by atoms with Gasteiger partial charge in [0.1, 0.15) is 0 Å². The zero-order valence-electron chi connectivity index (χ0n) is 14.6. The van der Waals surface area contributed by atoms with Crippen LogP contribution in [0.2, 0.25) is 0 Å². The zero-order chi connectivity index (χ0) is 17.6. The number of carbonyl (C=O) groups is 2. The minimum atomic E-state index is -0.756. The quantitative estimate of drug-likeness (QED) is 0.889. The first-order valence-corrected chi connectivity index (χ1v) is 9.32. The largest absolute Gasteiger partial charge is 0.481 e. The van der Waals surface area contributed by atoms with Crippen LogP contribution in [0.4, 0.5) is 0 Å². The molecule has 1 N–H and O–H groups in total. The number of piperidine rings is 1. The zero-order valence-corrected chi connectivity index (χ0v) is 14.6. The molecule has 1 aromatic rings. The van der Waals surface area contributed by atoms with Gasteiger partial charge in [0.2, 0.25) is 5.91 Å². The molecule has 25 heavy (non-hydrogen) atoms. The van der Waals surface area contributed by atoms with Crippen LogP contribution in [0.3, 0.4) is 0 Å². The molecule has 2 aliphatic rings. The summed E-state index contributed by atoms with van der Waals surface area (Å²) in [5.41, 5.74) is 1.07. The van der Waals surface area contributed by atoms with Crippen molar-refractivity contribution in [3.05, 3.63) is 35.9 Å². The normalized spacial score (nSPS) is 27.0. The van der Waals surface area contributed by atoms with Gasteiger partial charge in [-0.1, -0.05) is 30.3 Å². The highest BCUT2D eigenvalue weighted by Gasteiger charge is 2.37. The molecule has 5 heteroatoms. The fourth-order valence-electron chi connectivity index (χ4n) is 4.07. The fourth-order valence-corrected chi connectivity index (χ4v) is 4.07. The smallest absolute Gasteiger partial charge is 0.303 e. The predicted molar refractivity (Wildman–Crippen MR) is 94.0 cm³/mol. The summed E-state index contributed by atoms with van der Waals surface area (Å²) in [6.45, 7) is 2.16. The predicted octanol–water partition coefficient (Wildman–Crippen LogP) is 3.26. The number of benzene rings is 1. The van der Waals surface area contributed by atoms with Crippen molar-refractivity contribution in [3.8, 4) is 0 Å². The molecule has 0 spiro atoms. The lowest BCUT2D eigenvalue weighted by Gasteiger charge is -2.38. The number of likely N-dealkylation sites (tertiary alicyclic amines) is 1.